The Morgan fingerprint density at radius 1 is 1.59 bits per heavy atom. The molecule has 0 bridgehead atoms. The maximum atomic E-state index is 13.1. The van der Waals surface area contributed by atoms with E-state index in [9.17, 15) is 4.39 Å². The van der Waals surface area contributed by atoms with Gasteiger partial charge in [-0.25, -0.2) is 4.39 Å². The van der Waals surface area contributed by atoms with E-state index in [1.807, 2.05) is 7.05 Å². The Morgan fingerprint density at radius 2 is 2.29 bits per heavy atom. The number of halogens is 2. The molecule has 0 radical (unpaired) electrons. The maximum Gasteiger partial charge on any atom is 0.141 e. The Hall–Kier alpha value is -0.680. The van der Waals surface area contributed by atoms with Crippen LogP contribution in [0.5, 0.6) is 0 Å². The van der Waals surface area contributed by atoms with Gasteiger partial charge in [0.25, 0.3) is 0 Å². The molecule has 0 aromatic heterocycles. The van der Waals surface area contributed by atoms with Crippen LogP contribution in [0, 0.1) is 11.2 Å². The monoisotopic (exact) mass is 258 g/mol. The van der Waals surface area contributed by atoms with Crippen LogP contribution >= 0.6 is 11.6 Å². The Morgan fingerprint density at radius 3 is 2.71 bits per heavy atom. The van der Waals surface area contributed by atoms with Crippen LogP contribution in [0.1, 0.15) is 11.6 Å². The van der Waals surface area contributed by atoms with Crippen molar-refractivity contribution in [2.75, 3.05) is 26.8 Å². The highest BCUT2D eigenvalue weighted by Crippen LogP contribution is 2.40. The van der Waals surface area contributed by atoms with Crippen molar-refractivity contribution in [3.8, 4) is 0 Å². The largest absolute Gasteiger partial charge is 0.380 e. The fourth-order valence-electron chi connectivity index (χ4n) is 2.28. The summed E-state index contributed by atoms with van der Waals surface area (Å²) in [4.78, 5) is 0. The Bertz CT molecular complexity index is 404. The van der Waals surface area contributed by atoms with Crippen LogP contribution in [0.2, 0.25) is 5.02 Å². The first-order chi connectivity index (χ1) is 8.13. The van der Waals surface area contributed by atoms with E-state index < -0.39 is 5.82 Å². The van der Waals surface area contributed by atoms with Gasteiger partial charge >= 0.3 is 0 Å². The van der Waals surface area contributed by atoms with E-state index in [0.29, 0.717) is 19.8 Å². The quantitative estimate of drug-likeness (QED) is 0.865. The first-order valence-electron chi connectivity index (χ1n) is 5.53. The highest BCUT2D eigenvalue weighted by molar-refractivity contribution is 6.30. The second-order valence-corrected chi connectivity index (χ2v) is 4.86. The minimum Gasteiger partial charge on any atom is -0.380 e. The zero-order chi connectivity index (χ0) is 12.5. The lowest BCUT2D eigenvalue weighted by molar-refractivity contribution is -0.126. The lowest BCUT2D eigenvalue weighted by Crippen LogP contribution is -2.55. The maximum absolute atomic E-state index is 13.1. The Balaban J connectivity index is 2.31. The number of rotatable bonds is 4. The molecule has 0 amide bonds. The molecule has 94 valence electrons. The standard InChI is InChI=1S/C12H16ClFN2O/c1-16-11(12(5-15)6-17-7-12)8-2-3-10(14)9(13)4-8/h2-4,11,16H,5-7,15H2,1H3. The van der Waals surface area contributed by atoms with E-state index in [1.54, 1.807) is 12.1 Å². The van der Waals surface area contributed by atoms with Crippen molar-refractivity contribution in [3.05, 3.63) is 34.6 Å². The van der Waals surface area contributed by atoms with E-state index in [0.717, 1.165) is 5.56 Å². The fraction of sp³-hybridized carbons (Fsp3) is 0.500. The van der Waals surface area contributed by atoms with Crippen LogP contribution in [0.15, 0.2) is 18.2 Å². The van der Waals surface area contributed by atoms with Crippen molar-refractivity contribution in [2.24, 2.45) is 11.1 Å². The van der Waals surface area contributed by atoms with E-state index >= 15 is 0 Å². The summed E-state index contributed by atoms with van der Waals surface area (Å²) in [5.74, 6) is -0.406. The van der Waals surface area contributed by atoms with Crippen LogP contribution in [-0.4, -0.2) is 26.8 Å². The molecule has 0 saturated carbocycles. The van der Waals surface area contributed by atoms with Gasteiger partial charge in [-0.2, -0.15) is 0 Å². The molecule has 1 aromatic rings. The predicted octanol–water partition coefficient (Wildman–Crippen LogP) is 1.71. The second-order valence-electron chi connectivity index (χ2n) is 4.45. The molecule has 1 heterocycles. The predicted molar refractivity (Wildman–Crippen MR) is 65.5 cm³/mol. The van der Waals surface area contributed by atoms with Crippen LogP contribution in [0.3, 0.4) is 0 Å². The summed E-state index contributed by atoms with van der Waals surface area (Å²) in [6, 6.07) is 4.79. The van der Waals surface area contributed by atoms with Crippen LogP contribution < -0.4 is 11.1 Å². The molecule has 1 aromatic carbocycles. The summed E-state index contributed by atoms with van der Waals surface area (Å²) >= 11 is 5.80. The number of benzene rings is 1. The number of nitrogens with two attached hydrogens (primary N) is 1. The van der Waals surface area contributed by atoms with Gasteiger partial charge < -0.3 is 15.8 Å². The first-order valence-corrected chi connectivity index (χ1v) is 5.91. The third-order valence-corrected chi connectivity index (χ3v) is 3.65. The highest BCUT2D eigenvalue weighted by Gasteiger charge is 2.44. The third-order valence-electron chi connectivity index (χ3n) is 3.36. The first kappa shape index (κ1) is 12.8. The van der Waals surface area contributed by atoms with Crippen molar-refractivity contribution in [3.63, 3.8) is 0 Å². The van der Waals surface area contributed by atoms with Gasteiger partial charge in [0, 0.05) is 18.0 Å². The summed E-state index contributed by atoms with van der Waals surface area (Å²) in [5, 5.41) is 3.35. The van der Waals surface area contributed by atoms with Crippen molar-refractivity contribution in [2.45, 2.75) is 6.04 Å². The van der Waals surface area contributed by atoms with Gasteiger partial charge in [-0.15, -0.1) is 0 Å². The topological polar surface area (TPSA) is 47.3 Å². The van der Waals surface area contributed by atoms with Crippen molar-refractivity contribution < 1.29 is 9.13 Å². The minimum absolute atomic E-state index is 0.0272. The van der Waals surface area contributed by atoms with Crippen LogP contribution in [0.25, 0.3) is 0 Å². The molecular formula is C12H16ClFN2O. The summed E-state index contributed by atoms with van der Waals surface area (Å²) in [6.07, 6.45) is 0. The molecule has 3 N–H and O–H groups in total. The molecule has 1 fully saturated rings. The van der Waals surface area contributed by atoms with Crippen molar-refractivity contribution in [1.29, 1.82) is 0 Å². The van der Waals surface area contributed by atoms with E-state index in [2.05, 4.69) is 5.32 Å². The average Bonchev–Trinajstić information content (AvgIpc) is 2.27. The molecule has 1 saturated heterocycles. The van der Waals surface area contributed by atoms with Crippen LogP contribution in [0.4, 0.5) is 4.39 Å². The lowest BCUT2D eigenvalue weighted by atomic mass is 9.75. The Kier molecular flexibility index (Phi) is 3.68. The third kappa shape index (κ3) is 2.18. The number of hydrogen-bond donors (Lipinski definition) is 2. The zero-order valence-corrected chi connectivity index (χ0v) is 10.4. The average molecular weight is 259 g/mol. The van der Waals surface area contributed by atoms with E-state index in [4.69, 9.17) is 22.1 Å². The van der Waals surface area contributed by atoms with Gasteiger partial charge in [-0.3, -0.25) is 0 Å². The van der Waals surface area contributed by atoms with Crippen molar-refractivity contribution >= 4 is 11.6 Å². The van der Waals surface area contributed by atoms with Gasteiger partial charge in [0.2, 0.25) is 0 Å². The van der Waals surface area contributed by atoms with Gasteiger partial charge in [0.1, 0.15) is 5.82 Å². The number of ether oxygens (including phenoxy) is 1. The molecule has 1 atom stereocenters. The van der Waals surface area contributed by atoms with Gasteiger partial charge in [-0.1, -0.05) is 17.7 Å². The summed E-state index contributed by atoms with van der Waals surface area (Å²) in [5.41, 5.74) is 6.65. The van der Waals surface area contributed by atoms with E-state index in [-0.39, 0.29) is 16.5 Å². The smallest absolute Gasteiger partial charge is 0.141 e. The van der Waals surface area contributed by atoms with Crippen LogP contribution in [-0.2, 0) is 4.74 Å². The fourth-order valence-corrected chi connectivity index (χ4v) is 2.47. The SMILES string of the molecule is CNC(c1ccc(F)c(Cl)c1)C1(CN)COC1. The highest BCUT2D eigenvalue weighted by atomic mass is 35.5. The molecule has 1 aliphatic heterocycles. The molecule has 17 heavy (non-hydrogen) atoms. The number of nitrogens with one attached hydrogen (secondary N) is 1. The summed E-state index contributed by atoms with van der Waals surface area (Å²) < 4.78 is 18.4. The molecule has 0 spiro atoms. The van der Waals surface area contributed by atoms with Crippen molar-refractivity contribution in [1.82, 2.24) is 5.32 Å². The number of hydrogen-bond acceptors (Lipinski definition) is 3. The summed E-state index contributed by atoms with van der Waals surface area (Å²) in [6.45, 7) is 1.75. The van der Waals surface area contributed by atoms with Gasteiger partial charge in [0.15, 0.2) is 0 Å². The minimum atomic E-state index is -0.406. The lowest BCUT2D eigenvalue weighted by Gasteiger charge is -2.46. The molecule has 3 nitrogen and oxygen atoms in total. The molecule has 1 aliphatic rings. The molecule has 1 unspecified atom stereocenters. The van der Waals surface area contributed by atoms with Gasteiger partial charge in [-0.05, 0) is 24.7 Å². The molecular weight excluding hydrogens is 243 g/mol. The normalized spacial score (nSPS) is 19.8. The summed E-state index contributed by atoms with van der Waals surface area (Å²) in [7, 11) is 1.86. The van der Waals surface area contributed by atoms with E-state index in [1.165, 1.54) is 6.07 Å². The Labute approximate surface area is 105 Å². The second kappa shape index (κ2) is 4.90. The molecule has 2 rings (SSSR count). The molecule has 0 aliphatic carbocycles. The molecule has 5 heteroatoms. The van der Waals surface area contributed by atoms with Gasteiger partial charge in [0.05, 0.1) is 18.2 Å². The zero-order valence-electron chi connectivity index (χ0n) is 9.67.